The molecule has 0 spiro atoms. The summed E-state index contributed by atoms with van der Waals surface area (Å²) in [6.45, 7) is 4.70. The lowest BCUT2D eigenvalue weighted by molar-refractivity contribution is 0.660. The smallest absolute Gasteiger partial charge is 0.136 e. The average molecular weight is 895 g/mol. The SMILES string of the molecule is CC1(C)c2ccccc2-c2ccc(-c3ccc(N(c4ccc(-c5ccc(-n6c7ccccc7c7cc8oc9ccccc9c8cc76)cc5)cc4)c4ccc(-c5ccccc5)c5ccccc45)cc3)cc21. The van der Waals surface area contributed by atoms with Gasteiger partial charge in [0.05, 0.1) is 16.7 Å². The lowest BCUT2D eigenvalue weighted by Crippen LogP contribution is -2.14. The van der Waals surface area contributed by atoms with Crippen LogP contribution in [0.3, 0.4) is 0 Å². The summed E-state index contributed by atoms with van der Waals surface area (Å²) in [7, 11) is 0. The third kappa shape index (κ3) is 6.21. The number of nitrogens with zero attached hydrogens (tertiary/aromatic N) is 2. The topological polar surface area (TPSA) is 21.3 Å². The van der Waals surface area contributed by atoms with Crippen molar-refractivity contribution in [3.63, 3.8) is 0 Å². The van der Waals surface area contributed by atoms with E-state index < -0.39 is 0 Å². The number of benzene rings is 11. The van der Waals surface area contributed by atoms with Crippen molar-refractivity contribution < 1.29 is 4.42 Å². The summed E-state index contributed by atoms with van der Waals surface area (Å²) in [6.07, 6.45) is 0. The van der Waals surface area contributed by atoms with Gasteiger partial charge in [0.25, 0.3) is 0 Å². The van der Waals surface area contributed by atoms with Crippen LogP contribution in [0.2, 0.25) is 0 Å². The number of hydrogen-bond acceptors (Lipinski definition) is 2. The molecule has 14 rings (SSSR count). The molecule has 0 aliphatic heterocycles. The molecule has 0 amide bonds. The number of hydrogen-bond donors (Lipinski definition) is 0. The maximum absolute atomic E-state index is 6.34. The molecule has 0 N–H and O–H groups in total. The van der Waals surface area contributed by atoms with Crippen molar-refractivity contribution in [2.75, 3.05) is 4.90 Å². The lowest BCUT2D eigenvalue weighted by Gasteiger charge is -2.28. The molecule has 3 nitrogen and oxygen atoms in total. The van der Waals surface area contributed by atoms with E-state index >= 15 is 0 Å². The van der Waals surface area contributed by atoms with Crippen LogP contribution in [0.5, 0.6) is 0 Å². The molecule has 0 fully saturated rings. The lowest BCUT2D eigenvalue weighted by atomic mass is 9.81. The standard InChI is InChI=1S/C67H46N2O/c1-67(2)60-21-11-8-17-53(60)54-37-30-47(40-61(54)67)45-28-33-49(34-29-45)68(63-39-38-51(46-14-4-3-5-15-46)52-16-6-7-18-55(52)63)48-31-24-43(25-32-48)44-26-35-50(36-27-44)69-62-22-12-9-19-56(62)58-42-66-59(41-64(58)69)57-20-10-13-23-65(57)70-66/h3-42H,1-2H3. The van der Waals surface area contributed by atoms with E-state index in [1.54, 1.807) is 0 Å². The van der Waals surface area contributed by atoms with Crippen LogP contribution < -0.4 is 4.90 Å². The van der Waals surface area contributed by atoms with Crippen LogP contribution in [0.4, 0.5) is 17.1 Å². The van der Waals surface area contributed by atoms with E-state index in [9.17, 15) is 0 Å². The molecular formula is C67H46N2O. The van der Waals surface area contributed by atoms with Crippen molar-refractivity contribution in [1.82, 2.24) is 4.57 Å². The van der Waals surface area contributed by atoms with Crippen LogP contribution in [0.25, 0.3) is 105 Å². The van der Waals surface area contributed by atoms with Gasteiger partial charge < -0.3 is 13.9 Å². The van der Waals surface area contributed by atoms with Gasteiger partial charge in [0.2, 0.25) is 0 Å². The van der Waals surface area contributed by atoms with E-state index in [1.165, 1.54) is 71.6 Å². The highest BCUT2D eigenvalue weighted by molar-refractivity contribution is 6.17. The molecule has 2 heterocycles. The van der Waals surface area contributed by atoms with Crippen molar-refractivity contribution in [2.24, 2.45) is 0 Å². The quantitative estimate of drug-likeness (QED) is 0.159. The Morgan fingerprint density at radius 2 is 0.914 bits per heavy atom. The van der Waals surface area contributed by atoms with E-state index in [4.69, 9.17) is 4.42 Å². The predicted octanol–water partition coefficient (Wildman–Crippen LogP) is 18.6. The third-order valence-electron chi connectivity index (χ3n) is 15.0. The number of aromatic nitrogens is 1. The highest BCUT2D eigenvalue weighted by atomic mass is 16.3. The molecule has 0 saturated heterocycles. The van der Waals surface area contributed by atoms with Crippen molar-refractivity contribution in [1.29, 1.82) is 0 Å². The zero-order valence-corrected chi connectivity index (χ0v) is 38.9. The molecule has 0 atom stereocenters. The minimum atomic E-state index is -0.0591. The summed E-state index contributed by atoms with van der Waals surface area (Å²) in [5, 5.41) is 7.07. The van der Waals surface area contributed by atoms with Gasteiger partial charge in [0.15, 0.2) is 0 Å². The summed E-state index contributed by atoms with van der Waals surface area (Å²) >= 11 is 0. The molecular weight excluding hydrogens is 849 g/mol. The van der Waals surface area contributed by atoms with Crippen molar-refractivity contribution in [2.45, 2.75) is 19.3 Å². The van der Waals surface area contributed by atoms with Crippen LogP contribution in [-0.2, 0) is 5.41 Å². The minimum absolute atomic E-state index is 0.0591. The highest BCUT2D eigenvalue weighted by Gasteiger charge is 2.35. The van der Waals surface area contributed by atoms with Gasteiger partial charge in [-0.2, -0.15) is 0 Å². The first-order valence-corrected chi connectivity index (χ1v) is 24.2. The summed E-state index contributed by atoms with van der Waals surface area (Å²) < 4.78 is 8.73. The molecule has 330 valence electrons. The number of fused-ring (bicyclic) bond motifs is 10. The van der Waals surface area contributed by atoms with Gasteiger partial charge >= 0.3 is 0 Å². The van der Waals surface area contributed by atoms with Crippen LogP contribution >= 0.6 is 0 Å². The first kappa shape index (κ1) is 40.2. The number of para-hydroxylation sites is 2. The number of furan rings is 1. The normalized spacial score (nSPS) is 12.8. The molecule has 1 aliphatic carbocycles. The van der Waals surface area contributed by atoms with Gasteiger partial charge in [-0.25, -0.2) is 0 Å². The van der Waals surface area contributed by atoms with E-state index in [0.29, 0.717) is 0 Å². The second kappa shape index (κ2) is 15.6. The molecule has 2 aromatic heterocycles. The molecule has 70 heavy (non-hydrogen) atoms. The fourth-order valence-electron chi connectivity index (χ4n) is 11.5. The van der Waals surface area contributed by atoms with E-state index in [1.807, 2.05) is 12.1 Å². The molecule has 1 aliphatic rings. The van der Waals surface area contributed by atoms with Crippen LogP contribution in [0.15, 0.2) is 247 Å². The molecule has 0 saturated carbocycles. The first-order valence-electron chi connectivity index (χ1n) is 24.2. The Kier molecular flexibility index (Phi) is 8.93. The van der Waals surface area contributed by atoms with Crippen LogP contribution in [-0.4, -0.2) is 4.57 Å². The molecule has 0 radical (unpaired) electrons. The molecule has 0 unspecified atom stereocenters. The summed E-state index contributed by atoms with van der Waals surface area (Å²) in [5.41, 5.74) is 21.2. The number of rotatable bonds is 7. The van der Waals surface area contributed by atoms with Gasteiger partial charge in [0, 0.05) is 49.4 Å². The summed E-state index contributed by atoms with van der Waals surface area (Å²) in [4.78, 5) is 2.42. The second-order valence-corrected chi connectivity index (χ2v) is 19.3. The Hall–Kier alpha value is -8.92. The molecule has 0 bridgehead atoms. The van der Waals surface area contributed by atoms with Gasteiger partial charge in [-0.05, 0) is 134 Å². The first-order chi connectivity index (χ1) is 34.5. The van der Waals surface area contributed by atoms with Crippen LogP contribution in [0, 0.1) is 0 Å². The molecule has 3 heteroatoms. The zero-order chi connectivity index (χ0) is 46.5. The monoisotopic (exact) mass is 894 g/mol. The maximum Gasteiger partial charge on any atom is 0.136 e. The summed E-state index contributed by atoms with van der Waals surface area (Å²) in [5.74, 6) is 0. The average Bonchev–Trinajstić information content (AvgIpc) is 4.03. The Morgan fingerprint density at radius 1 is 0.343 bits per heavy atom. The zero-order valence-electron chi connectivity index (χ0n) is 38.9. The van der Waals surface area contributed by atoms with Gasteiger partial charge in [-0.1, -0.05) is 184 Å². The molecule has 11 aromatic carbocycles. The Labute approximate surface area is 406 Å². The number of anilines is 3. The van der Waals surface area contributed by atoms with Crippen molar-refractivity contribution >= 4 is 71.6 Å². The van der Waals surface area contributed by atoms with Gasteiger partial charge in [-0.15, -0.1) is 0 Å². The fraction of sp³-hybridized carbons (Fsp3) is 0.0448. The third-order valence-corrected chi connectivity index (χ3v) is 15.0. The van der Waals surface area contributed by atoms with Gasteiger partial charge in [-0.3, -0.25) is 0 Å². The highest BCUT2D eigenvalue weighted by Crippen LogP contribution is 2.50. The predicted molar refractivity (Wildman–Crippen MR) is 294 cm³/mol. The van der Waals surface area contributed by atoms with E-state index in [0.717, 1.165) is 61.3 Å². The van der Waals surface area contributed by atoms with E-state index in [2.05, 4.69) is 254 Å². The van der Waals surface area contributed by atoms with Crippen LogP contribution in [0.1, 0.15) is 25.0 Å². The van der Waals surface area contributed by atoms with Gasteiger partial charge in [0.1, 0.15) is 11.2 Å². The van der Waals surface area contributed by atoms with E-state index in [-0.39, 0.29) is 5.41 Å². The summed E-state index contributed by atoms with van der Waals surface area (Å²) in [6, 6.07) is 88.7. The Morgan fingerprint density at radius 3 is 1.67 bits per heavy atom. The molecule has 13 aromatic rings. The second-order valence-electron chi connectivity index (χ2n) is 19.3. The maximum atomic E-state index is 6.34. The fourth-order valence-corrected chi connectivity index (χ4v) is 11.5. The minimum Gasteiger partial charge on any atom is -0.456 e. The van der Waals surface area contributed by atoms with Crippen molar-refractivity contribution in [3.8, 4) is 50.2 Å². The Bertz CT molecular complexity index is 4180. The van der Waals surface area contributed by atoms with Crippen molar-refractivity contribution in [3.05, 3.63) is 254 Å². The largest absolute Gasteiger partial charge is 0.456 e. The Balaban J connectivity index is 0.845.